The van der Waals surface area contributed by atoms with E-state index >= 15 is 0 Å². The Morgan fingerprint density at radius 1 is 1.25 bits per heavy atom. The molecule has 0 aromatic carbocycles. The molecule has 1 heteroatoms. The third kappa shape index (κ3) is 6.74. The van der Waals surface area contributed by atoms with Crippen LogP contribution in [0, 0.1) is 5.92 Å². The minimum Gasteiger partial charge on any atom is -0.301 e. The van der Waals surface area contributed by atoms with Gasteiger partial charge in [-0.2, -0.15) is 0 Å². The minimum absolute atomic E-state index is 0.760. The molecule has 0 aliphatic heterocycles. The lowest BCUT2D eigenvalue weighted by molar-refractivity contribution is 0.200. The standard InChI is InChI=1S/C19H35N/c1-5-7-8-10-18(4)20(6-2)16-9-11-19-14-12-17(3)13-15-19/h12-14,18-19H,5-11,15-16H2,1-4H3. The number of hydrogen-bond donors (Lipinski definition) is 0. The van der Waals surface area contributed by atoms with Crippen LogP contribution in [-0.2, 0) is 0 Å². The first-order chi connectivity index (χ1) is 9.67. The van der Waals surface area contributed by atoms with Crippen molar-refractivity contribution in [2.75, 3.05) is 13.1 Å². The molecule has 0 aromatic rings. The average molecular weight is 277 g/mol. The van der Waals surface area contributed by atoms with Crippen LogP contribution < -0.4 is 0 Å². The third-order valence-corrected chi connectivity index (χ3v) is 4.65. The van der Waals surface area contributed by atoms with Crippen LogP contribution in [0.2, 0.25) is 0 Å². The van der Waals surface area contributed by atoms with Crippen LogP contribution in [0.5, 0.6) is 0 Å². The van der Waals surface area contributed by atoms with Gasteiger partial charge in [-0.3, -0.25) is 0 Å². The van der Waals surface area contributed by atoms with Gasteiger partial charge in [0, 0.05) is 6.04 Å². The second-order valence-corrected chi connectivity index (χ2v) is 6.42. The average Bonchev–Trinajstić information content (AvgIpc) is 2.45. The number of nitrogens with zero attached hydrogens (tertiary/aromatic N) is 1. The lowest BCUT2D eigenvalue weighted by Gasteiger charge is -2.28. The predicted octanol–water partition coefficient (Wildman–Crippen LogP) is 5.58. The topological polar surface area (TPSA) is 3.24 Å². The molecule has 2 unspecified atom stereocenters. The van der Waals surface area contributed by atoms with Gasteiger partial charge in [0.2, 0.25) is 0 Å². The van der Waals surface area contributed by atoms with Crippen molar-refractivity contribution in [3.63, 3.8) is 0 Å². The smallest absolute Gasteiger partial charge is 0.00668 e. The van der Waals surface area contributed by atoms with Gasteiger partial charge in [0.15, 0.2) is 0 Å². The molecule has 0 saturated carbocycles. The Labute approximate surface area is 127 Å². The molecular formula is C19H35N. The Morgan fingerprint density at radius 2 is 2.05 bits per heavy atom. The van der Waals surface area contributed by atoms with E-state index in [0.717, 1.165) is 12.0 Å². The zero-order valence-corrected chi connectivity index (χ0v) is 14.2. The van der Waals surface area contributed by atoms with Crippen LogP contribution in [0.3, 0.4) is 0 Å². The van der Waals surface area contributed by atoms with Gasteiger partial charge in [-0.25, -0.2) is 0 Å². The molecule has 0 N–H and O–H groups in total. The number of rotatable bonds is 10. The first-order valence-electron chi connectivity index (χ1n) is 8.76. The number of allylic oxidation sites excluding steroid dienone is 4. The van der Waals surface area contributed by atoms with E-state index in [1.807, 2.05) is 0 Å². The highest BCUT2D eigenvalue weighted by Crippen LogP contribution is 2.21. The van der Waals surface area contributed by atoms with Crippen LogP contribution in [0.4, 0.5) is 0 Å². The highest BCUT2D eigenvalue weighted by Gasteiger charge is 2.13. The Hall–Kier alpha value is -0.560. The highest BCUT2D eigenvalue weighted by atomic mass is 15.1. The molecule has 0 saturated heterocycles. The normalized spacial score (nSPS) is 20.2. The Kier molecular flexibility index (Phi) is 8.93. The second kappa shape index (κ2) is 10.2. The maximum Gasteiger partial charge on any atom is 0.00668 e. The molecule has 1 nitrogen and oxygen atoms in total. The van der Waals surface area contributed by atoms with Crippen molar-refractivity contribution in [3.8, 4) is 0 Å². The first-order valence-corrected chi connectivity index (χ1v) is 8.76. The molecule has 0 amide bonds. The van der Waals surface area contributed by atoms with Gasteiger partial charge in [-0.15, -0.1) is 0 Å². The van der Waals surface area contributed by atoms with E-state index < -0.39 is 0 Å². The Morgan fingerprint density at radius 3 is 2.65 bits per heavy atom. The fourth-order valence-electron chi connectivity index (χ4n) is 3.10. The fourth-order valence-corrected chi connectivity index (χ4v) is 3.10. The Bertz CT molecular complexity index is 303. The fraction of sp³-hybridized carbons (Fsp3) is 0.789. The highest BCUT2D eigenvalue weighted by molar-refractivity contribution is 5.21. The summed E-state index contributed by atoms with van der Waals surface area (Å²) in [5.41, 5.74) is 1.43. The first kappa shape index (κ1) is 17.5. The van der Waals surface area contributed by atoms with Crippen molar-refractivity contribution in [1.82, 2.24) is 4.90 Å². The van der Waals surface area contributed by atoms with Crippen LogP contribution in [0.15, 0.2) is 23.8 Å². The summed E-state index contributed by atoms with van der Waals surface area (Å²) < 4.78 is 0. The van der Waals surface area contributed by atoms with Gasteiger partial charge in [-0.1, -0.05) is 56.9 Å². The van der Waals surface area contributed by atoms with Gasteiger partial charge in [0.25, 0.3) is 0 Å². The number of hydrogen-bond acceptors (Lipinski definition) is 1. The lowest BCUT2D eigenvalue weighted by Crippen LogP contribution is -2.34. The van der Waals surface area contributed by atoms with Crippen LogP contribution in [0.25, 0.3) is 0 Å². The minimum atomic E-state index is 0.760. The Balaban J connectivity index is 2.19. The van der Waals surface area contributed by atoms with Crippen LogP contribution in [0.1, 0.15) is 72.6 Å². The molecule has 0 aromatic heterocycles. The summed E-state index contributed by atoms with van der Waals surface area (Å²) in [5, 5.41) is 0. The third-order valence-electron chi connectivity index (χ3n) is 4.65. The van der Waals surface area contributed by atoms with Crippen molar-refractivity contribution in [2.24, 2.45) is 5.92 Å². The van der Waals surface area contributed by atoms with Crippen LogP contribution >= 0.6 is 0 Å². The van der Waals surface area contributed by atoms with Gasteiger partial charge in [0.05, 0.1) is 0 Å². The predicted molar refractivity (Wildman–Crippen MR) is 91.1 cm³/mol. The summed E-state index contributed by atoms with van der Waals surface area (Å²) in [5.74, 6) is 0.785. The molecular weight excluding hydrogens is 242 g/mol. The molecule has 0 fully saturated rings. The van der Waals surface area contributed by atoms with E-state index in [-0.39, 0.29) is 0 Å². The molecule has 0 heterocycles. The summed E-state index contributed by atoms with van der Waals surface area (Å²) in [6.07, 6.45) is 16.5. The summed E-state index contributed by atoms with van der Waals surface area (Å²) in [6.45, 7) is 11.7. The molecule has 1 aliphatic rings. The summed E-state index contributed by atoms with van der Waals surface area (Å²) in [7, 11) is 0. The van der Waals surface area contributed by atoms with Gasteiger partial charge in [-0.05, 0) is 58.5 Å². The van der Waals surface area contributed by atoms with Crippen molar-refractivity contribution in [2.45, 2.75) is 78.7 Å². The zero-order chi connectivity index (χ0) is 14.8. The molecule has 1 rings (SSSR count). The van der Waals surface area contributed by atoms with Gasteiger partial charge < -0.3 is 4.90 Å². The van der Waals surface area contributed by atoms with Crippen LogP contribution in [-0.4, -0.2) is 24.0 Å². The van der Waals surface area contributed by atoms with Crippen molar-refractivity contribution in [3.05, 3.63) is 23.8 Å². The van der Waals surface area contributed by atoms with E-state index in [4.69, 9.17) is 0 Å². The molecule has 20 heavy (non-hydrogen) atoms. The SMILES string of the molecule is CCCCCC(C)N(CC)CCCC1C=CC(C)=CC1. The lowest BCUT2D eigenvalue weighted by atomic mass is 9.93. The summed E-state index contributed by atoms with van der Waals surface area (Å²) >= 11 is 0. The molecule has 0 bridgehead atoms. The second-order valence-electron chi connectivity index (χ2n) is 6.42. The summed E-state index contributed by atoms with van der Waals surface area (Å²) in [4.78, 5) is 2.67. The molecule has 116 valence electrons. The van der Waals surface area contributed by atoms with E-state index in [2.05, 4.69) is 50.8 Å². The maximum absolute atomic E-state index is 2.67. The van der Waals surface area contributed by atoms with Gasteiger partial charge >= 0.3 is 0 Å². The monoisotopic (exact) mass is 277 g/mol. The molecule has 0 spiro atoms. The molecule has 1 aliphatic carbocycles. The van der Waals surface area contributed by atoms with E-state index in [0.29, 0.717) is 0 Å². The quantitative estimate of drug-likeness (QED) is 0.471. The molecule has 0 radical (unpaired) electrons. The zero-order valence-electron chi connectivity index (χ0n) is 14.2. The largest absolute Gasteiger partial charge is 0.301 e. The number of unbranched alkanes of at least 4 members (excludes halogenated alkanes) is 2. The molecule has 2 atom stereocenters. The van der Waals surface area contributed by atoms with Crippen molar-refractivity contribution >= 4 is 0 Å². The summed E-state index contributed by atoms with van der Waals surface area (Å²) in [6, 6.07) is 0.760. The van der Waals surface area contributed by atoms with E-state index in [9.17, 15) is 0 Å². The van der Waals surface area contributed by atoms with Crippen molar-refractivity contribution in [1.29, 1.82) is 0 Å². The van der Waals surface area contributed by atoms with Crippen molar-refractivity contribution < 1.29 is 0 Å². The van der Waals surface area contributed by atoms with E-state index in [1.54, 1.807) is 0 Å². The van der Waals surface area contributed by atoms with Gasteiger partial charge in [0.1, 0.15) is 0 Å². The maximum atomic E-state index is 2.67. The van der Waals surface area contributed by atoms with E-state index in [1.165, 1.54) is 63.6 Å².